The van der Waals surface area contributed by atoms with Gasteiger partial charge in [0.15, 0.2) is 0 Å². The zero-order chi connectivity index (χ0) is 11.2. The molecule has 0 radical (unpaired) electrons. The van der Waals surface area contributed by atoms with Gasteiger partial charge in [-0.25, -0.2) is 0 Å². The number of para-hydroxylation sites is 1. The first kappa shape index (κ1) is 10.2. The zero-order valence-electron chi connectivity index (χ0n) is 10.2. The minimum atomic E-state index is 0.442. The number of hydrogen-bond donors (Lipinski definition) is 0. The average molecular weight is 216 g/mol. The van der Waals surface area contributed by atoms with Crippen molar-refractivity contribution < 1.29 is 0 Å². The zero-order valence-corrected chi connectivity index (χ0v) is 10.2. The van der Waals surface area contributed by atoms with Gasteiger partial charge in [0.1, 0.15) is 0 Å². The van der Waals surface area contributed by atoms with E-state index in [1.54, 1.807) is 5.56 Å². The Bertz CT molecular complexity index is 391. The van der Waals surface area contributed by atoms with Crippen LogP contribution in [0.1, 0.15) is 18.4 Å². The van der Waals surface area contributed by atoms with Crippen LogP contribution < -0.4 is 4.90 Å². The summed E-state index contributed by atoms with van der Waals surface area (Å²) >= 11 is 0. The van der Waals surface area contributed by atoms with Crippen molar-refractivity contribution in [1.82, 2.24) is 4.90 Å². The highest BCUT2D eigenvalue weighted by Crippen LogP contribution is 2.45. The van der Waals surface area contributed by atoms with E-state index in [1.165, 1.54) is 38.2 Å². The molecule has 3 rings (SSSR count). The van der Waals surface area contributed by atoms with Gasteiger partial charge in [0.2, 0.25) is 0 Å². The molecule has 86 valence electrons. The predicted octanol–water partition coefficient (Wildman–Crippen LogP) is 2.10. The molecule has 1 aromatic rings. The Morgan fingerprint density at radius 2 is 1.75 bits per heavy atom. The van der Waals surface area contributed by atoms with E-state index in [0.717, 1.165) is 0 Å². The molecule has 2 heterocycles. The van der Waals surface area contributed by atoms with Crippen LogP contribution in [0.4, 0.5) is 5.69 Å². The molecule has 2 aliphatic rings. The van der Waals surface area contributed by atoms with Crippen molar-refractivity contribution in [2.24, 2.45) is 0 Å². The second-order valence-corrected chi connectivity index (χ2v) is 5.46. The first-order chi connectivity index (χ1) is 7.71. The van der Waals surface area contributed by atoms with Crippen LogP contribution in [-0.2, 0) is 5.41 Å². The van der Waals surface area contributed by atoms with E-state index in [4.69, 9.17) is 0 Å². The van der Waals surface area contributed by atoms with Gasteiger partial charge in [0, 0.05) is 24.7 Å². The standard InChI is InChI=1S/C14H20N2/c1-15-9-7-14(8-10-15)11-16(2)13-6-4-3-5-12(13)14/h3-6H,7-11H2,1-2H3. The number of fused-ring (bicyclic) bond motifs is 2. The summed E-state index contributed by atoms with van der Waals surface area (Å²) in [4.78, 5) is 4.88. The highest BCUT2D eigenvalue weighted by Gasteiger charge is 2.42. The molecule has 0 bridgehead atoms. The normalized spacial score (nSPS) is 23.8. The van der Waals surface area contributed by atoms with Crippen LogP contribution in [0, 0.1) is 0 Å². The van der Waals surface area contributed by atoms with E-state index >= 15 is 0 Å². The van der Waals surface area contributed by atoms with Crippen molar-refractivity contribution in [2.75, 3.05) is 38.6 Å². The van der Waals surface area contributed by atoms with Gasteiger partial charge in [0.25, 0.3) is 0 Å². The van der Waals surface area contributed by atoms with Crippen molar-refractivity contribution in [3.63, 3.8) is 0 Å². The van der Waals surface area contributed by atoms with Crippen LogP contribution in [0.25, 0.3) is 0 Å². The van der Waals surface area contributed by atoms with Crippen LogP contribution in [0.3, 0.4) is 0 Å². The first-order valence-corrected chi connectivity index (χ1v) is 6.20. The fourth-order valence-corrected chi connectivity index (χ4v) is 3.35. The molecule has 2 heteroatoms. The van der Waals surface area contributed by atoms with E-state index in [9.17, 15) is 0 Å². The molecule has 1 saturated heterocycles. The molecule has 0 aromatic heterocycles. The maximum Gasteiger partial charge on any atom is 0.0402 e. The second kappa shape index (κ2) is 3.49. The minimum Gasteiger partial charge on any atom is -0.373 e. The molecule has 0 amide bonds. The third-order valence-corrected chi connectivity index (χ3v) is 4.37. The Morgan fingerprint density at radius 3 is 2.50 bits per heavy atom. The maximum absolute atomic E-state index is 2.45. The minimum absolute atomic E-state index is 0.442. The summed E-state index contributed by atoms with van der Waals surface area (Å²) in [7, 11) is 4.46. The van der Waals surface area contributed by atoms with Crippen LogP contribution in [-0.4, -0.2) is 38.6 Å². The molecule has 1 aromatic carbocycles. The Labute approximate surface area is 97.9 Å². The number of hydrogen-bond acceptors (Lipinski definition) is 2. The van der Waals surface area contributed by atoms with Crippen LogP contribution in [0.5, 0.6) is 0 Å². The van der Waals surface area contributed by atoms with Crippen molar-refractivity contribution in [3.8, 4) is 0 Å². The molecule has 16 heavy (non-hydrogen) atoms. The van der Waals surface area contributed by atoms with E-state index < -0.39 is 0 Å². The summed E-state index contributed by atoms with van der Waals surface area (Å²) in [6.07, 6.45) is 2.62. The quantitative estimate of drug-likeness (QED) is 0.655. The first-order valence-electron chi connectivity index (χ1n) is 6.20. The molecule has 0 unspecified atom stereocenters. The smallest absolute Gasteiger partial charge is 0.0402 e. The van der Waals surface area contributed by atoms with Gasteiger partial charge >= 0.3 is 0 Å². The van der Waals surface area contributed by atoms with E-state index in [2.05, 4.69) is 48.2 Å². The molecule has 1 spiro atoms. The second-order valence-electron chi connectivity index (χ2n) is 5.46. The summed E-state index contributed by atoms with van der Waals surface area (Å²) in [6.45, 7) is 3.69. The van der Waals surface area contributed by atoms with Gasteiger partial charge in [0.05, 0.1) is 0 Å². The SMILES string of the molecule is CN1CCC2(CC1)CN(C)c1ccccc12. The van der Waals surface area contributed by atoms with Crippen molar-refractivity contribution >= 4 is 5.69 Å². The Kier molecular flexibility index (Phi) is 2.21. The molecular formula is C14H20N2. The Hall–Kier alpha value is -1.02. The monoisotopic (exact) mass is 216 g/mol. The molecule has 0 N–H and O–H groups in total. The maximum atomic E-state index is 2.45. The lowest BCUT2D eigenvalue weighted by molar-refractivity contribution is 0.197. The molecule has 1 fully saturated rings. The number of benzene rings is 1. The number of rotatable bonds is 0. The van der Waals surface area contributed by atoms with Crippen LogP contribution in [0.2, 0.25) is 0 Å². The summed E-state index contributed by atoms with van der Waals surface area (Å²) in [5.41, 5.74) is 3.48. The number of nitrogens with zero attached hydrogens (tertiary/aromatic N) is 2. The predicted molar refractivity (Wildman–Crippen MR) is 68.1 cm³/mol. The summed E-state index contributed by atoms with van der Waals surface area (Å²) < 4.78 is 0. The molecule has 2 nitrogen and oxygen atoms in total. The molecule has 0 atom stereocenters. The van der Waals surface area contributed by atoms with Gasteiger partial charge in [-0.1, -0.05) is 18.2 Å². The highest BCUT2D eigenvalue weighted by atomic mass is 15.2. The number of anilines is 1. The van der Waals surface area contributed by atoms with Crippen molar-refractivity contribution in [2.45, 2.75) is 18.3 Å². The van der Waals surface area contributed by atoms with Crippen molar-refractivity contribution in [3.05, 3.63) is 29.8 Å². The lowest BCUT2D eigenvalue weighted by Gasteiger charge is -2.38. The van der Waals surface area contributed by atoms with E-state index in [-0.39, 0.29) is 0 Å². The lowest BCUT2D eigenvalue weighted by Crippen LogP contribution is -2.43. The van der Waals surface area contributed by atoms with Gasteiger partial charge in [-0.05, 0) is 44.6 Å². The van der Waals surface area contributed by atoms with Gasteiger partial charge in [-0.3, -0.25) is 0 Å². The summed E-state index contributed by atoms with van der Waals surface area (Å²) in [5.74, 6) is 0. The number of piperidine rings is 1. The largest absolute Gasteiger partial charge is 0.373 e. The van der Waals surface area contributed by atoms with Gasteiger partial charge in [-0.15, -0.1) is 0 Å². The molecule has 0 saturated carbocycles. The lowest BCUT2D eigenvalue weighted by atomic mass is 9.74. The molecular weight excluding hydrogens is 196 g/mol. The molecule has 2 aliphatic heterocycles. The van der Waals surface area contributed by atoms with E-state index in [1.807, 2.05) is 0 Å². The third-order valence-electron chi connectivity index (χ3n) is 4.37. The highest BCUT2D eigenvalue weighted by molar-refractivity contribution is 5.62. The molecule has 0 aliphatic carbocycles. The van der Waals surface area contributed by atoms with E-state index in [0.29, 0.717) is 5.41 Å². The number of likely N-dealkylation sites (tertiary alicyclic amines) is 1. The fourth-order valence-electron chi connectivity index (χ4n) is 3.35. The van der Waals surface area contributed by atoms with Gasteiger partial charge < -0.3 is 9.80 Å². The van der Waals surface area contributed by atoms with Crippen LogP contribution in [0.15, 0.2) is 24.3 Å². The fraction of sp³-hybridized carbons (Fsp3) is 0.571. The Morgan fingerprint density at radius 1 is 1.06 bits per heavy atom. The topological polar surface area (TPSA) is 6.48 Å². The third kappa shape index (κ3) is 1.36. The van der Waals surface area contributed by atoms with Crippen molar-refractivity contribution in [1.29, 1.82) is 0 Å². The Balaban J connectivity index is 1.99. The van der Waals surface area contributed by atoms with Gasteiger partial charge in [-0.2, -0.15) is 0 Å². The summed E-state index contributed by atoms with van der Waals surface area (Å²) in [5, 5.41) is 0. The number of likely N-dealkylation sites (N-methyl/N-ethyl adjacent to an activating group) is 1. The average Bonchev–Trinajstić information content (AvgIpc) is 2.58. The summed E-state index contributed by atoms with van der Waals surface area (Å²) in [6, 6.07) is 8.95. The van der Waals surface area contributed by atoms with Crippen LogP contribution >= 0.6 is 0 Å².